The summed E-state index contributed by atoms with van der Waals surface area (Å²) in [6, 6.07) is 14.7. The number of hydrogen-bond acceptors (Lipinski definition) is 3. The van der Waals surface area contributed by atoms with Crippen LogP contribution in [0, 0.1) is 5.82 Å². The molecule has 0 radical (unpaired) electrons. The molecule has 0 aliphatic rings. The fourth-order valence-corrected chi connectivity index (χ4v) is 3.82. The van der Waals surface area contributed by atoms with Crippen molar-refractivity contribution >= 4 is 15.9 Å². The van der Waals surface area contributed by atoms with Crippen molar-refractivity contribution in [2.75, 3.05) is 19.3 Å². The first-order valence-corrected chi connectivity index (χ1v) is 10.1. The van der Waals surface area contributed by atoms with E-state index in [1.165, 1.54) is 16.4 Å². The third kappa shape index (κ3) is 5.93. The van der Waals surface area contributed by atoms with Gasteiger partial charge in [-0.1, -0.05) is 42.5 Å². The highest BCUT2D eigenvalue weighted by atomic mass is 32.2. The van der Waals surface area contributed by atoms with Crippen LogP contribution in [0.15, 0.2) is 54.6 Å². The second kappa shape index (κ2) is 8.91. The van der Waals surface area contributed by atoms with E-state index in [4.69, 9.17) is 0 Å². The van der Waals surface area contributed by atoms with Gasteiger partial charge >= 0.3 is 0 Å². The highest BCUT2D eigenvalue weighted by molar-refractivity contribution is 7.88. The first kappa shape index (κ1) is 20.1. The molecule has 2 aromatic carbocycles. The average Bonchev–Trinajstić information content (AvgIpc) is 2.60. The van der Waals surface area contributed by atoms with Crippen molar-refractivity contribution in [1.82, 2.24) is 9.62 Å². The van der Waals surface area contributed by atoms with Crippen LogP contribution < -0.4 is 5.32 Å². The van der Waals surface area contributed by atoms with Gasteiger partial charge in [0.1, 0.15) is 5.82 Å². The standard InChI is InChI=1S/C19H23FN2O3S/c1-15(17-6-4-3-5-7-17)22(26(2,24)25)13-12-21-19(23)14-16-8-10-18(20)11-9-16/h3-11,15H,12-14H2,1-2H3,(H,21,23). The summed E-state index contributed by atoms with van der Waals surface area (Å²) in [5, 5.41) is 2.72. The van der Waals surface area contributed by atoms with Crippen LogP contribution in [0.3, 0.4) is 0 Å². The number of carbonyl (C=O) groups is 1. The van der Waals surface area contributed by atoms with Gasteiger partial charge in [0.2, 0.25) is 15.9 Å². The minimum atomic E-state index is -3.43. The predicted molar refractivity (Wildman–Crippen MR) is 99.5 cm³/mol. The van der Waals surface area contributed by atoms with Crippen molar-refractivity contribution in [2.45, 2.75) is 19.4 Å². The third-order valence-electron chi connectivity index (χ3n) is 4.07. The van der Waals surface area contributed by atoms with Gasteiger partial charge in [-0.25, -0.2) is 12.8 Å². The lowest BCUT2D eigenvalue weighted by Crippen LogP contribution is -2.39. The van der Waals surface area contributed by atoms with E-state index >= 15 is 0 Å². The van der Waals surface area contributed by atoms with Crippen LogP contribution >= 0.6 is 0 Å². The fraction of sp³-hybridized carbons (Fsp3) is 0.316. The second-order valence-corrected chi connectivity index (χ2v) is 8.05. The van der Waals surface area contributed by atoms with Crippen molar-refractivity contribution in [2.24, 2.45) is 0 Å². The summed E-state index contributed by atoms with van der Waals surface area (Å²) in [6.07, 6.45) is 1.28. The molecule has 7 heteroatoms. The van der Waals surface area contributed by atoms with Crippen LogP contribution in [0.1, 0.15) is 24.1 Å². The molecule has 0 aliphatic carbocycles. The first-order valence-electron chi connectivity index (χ1n) is 8.30. The van der Waals surface area contributed by atoms with E-state index < -0.39 is 10.0 Å². The van der Waals surface area contributed by atoms with Crippen molar-refractivity contribution in [3.8, 4) is 0 Å². The fourth-order valence-electron chi connectivity index (χ4n) is 2.70. The zero-order valence-corrected chi connectivity index (χ0v) is 15.7. The molecule has 0 spiro atoms. The average molecular weight is 378 g/mol. The Labute approximate surface area is 153 Å². The molecule has 0 heterocycles. The minimum absolute atomic E-state index is 0.118. The van der Waals surface area contributed by atoms with E-state index in [0.29, 0.717) is 5.56 Å². The number of nitrogens with one attached hydrogen (secondary N) is 1. The predicted octanol–water partition coefficient (Wildman–Crippen LogP) is 2.51. The number of amides is 1. The van der Waals surface area contributed by atoms with E-state index in [2.05, 4.69) is 5.32 Å². The van der Waals surface area contributed by atoms with Crippen LogP contribution in [0.25, 0.3) is 0 Å². The van der Waals surface area contributed by atoms with Gasteiger partial charge < -0.3 is 5.32 Å². The number of halogens is 1. The molecule has 1 atom stereocenters. The SMILES string of the molecule is CC(c1ccccc1)N(CCNC(=O)Cc1ccc(F)cc1)S(C)(=O)=O. The summed E-state index contributed by atoms with van der Waals surface area (Å²) in [7, 11) is -3.43. The van der Waals surface area contributed by atoms with Crippen LogP contribution in [-0.2, 0) is 21.2 Å². The molecule has 2 aromatic rings. The summed E-state index contributed by atoms with van der Waals surface area (Å²) in [6.45, 7) is 2.19. The Balaban J connectivity index is 1.93. The minimum Gasteiger partial charge on any atom is -0.354 e. The van der Waals surface area contributed by atoms with Gasteiger partial charge in [0.05, 0.1) is 12.7 Å². The van der Waals surface area contributed by atoms with Crippen molar-refractivity contribution in [3.63, 3.8) is 0 Å². The smallest absolute Gasteiger partial charge is 0.224 e. The van der Waals surface area contributed by atoms with E-state index in [1.807, 2.05) is 37.3 Å². The van der Waals surface area contributed by atoms with Gasteiger partial charge in [-0.2, -0.15) is 4.31 Å². The lowest BCUT2D eigenvalue weighted by Gasteiger charge is -2.27. The normalized spacial score (nSPS) is 12.8. The third-order valence-corrected chi connectivity index (χ3v) is 5.42. The maximum absolute atomic E-state index is 12.9. The first-order chi connectivity index (χ1) is 12.3. The van der Waals surface area contributed by atoms with Crippen LogP contribution in [-0.4, -0.2) is 38.0 Å². The molecule has 1 unspecified atom stereocenters. The lowest BCUT2D eigenvalue weighted by atomic mass is 10.1. The Morgan fingerprint density at radius 2 is 1.73 bits per heavy atom. The molecule has 1 N–H and O–H groups in total. The molecular formula is C19H23FN2O3S. The van der Waals surface area contributed by atoms with E-state index in [-0.39, 0.29) is 37.3 Å². The van der Waals surface area contributed by atoms with E-state index in [1.54, 1.807) is 12.1 Å². The highest BCUT2D eigenvalue weighted by Crippen LogP contribution is 2.21. The van der Waals surface area contributed by atoms with Crippen LogP contribution in [0.2, 0.25) is 0 Å². The van der Waals surface area contributed by atoms with E-state index in [0.717, 1.165) is 11.8 Å². The van der Waals surface area contributed by atoms with Crippen LogP contribution in [0.4, 0.5) is 4.39 Å². The Morgan fingerprint density at radius 1 is 1.12 bits per heavy atom. The summed E-state index contributed by atoms with van der Waals surface area (Å²) in [4.78, 5) is 12.0. The van der Waals surface area contributed by atoms with Gasteiger partial charge in [0.15, 0.2) is 0 Å². The number of carbonyl (C=O) groups excluding carboxylic acids is 1. The molecule has 0 fully saturated rings. The monoisotopic (exact) mass is 378 g/mol. The van der Waals surface area contributed by atoms with E-state index in [9.17, 15) is 17.6 Å². The molecule has 5 nitrogen and oxygen atoms in total. The number of benzene rings is 2. The number of sulfonamides is 1. The second-order valence-electron chi connectivity index (χ2n) is 6.11. The highest BCUT2D eigenvalue weighted by Gasteiger charge is 2.24. The van der Waals surface area contributed by atoms with Gasteiger partial charge in [0, 0.05) is 19.1 Å². The molecule has 2 rings (SSSR count). The van der Waals surface area contributed by atoms with Crippen molar-refractivity contribution < 1.29 is 17.6 Å². The lowest BCUT2D eigenvalue weighted by molar-refractivity contribution is -0.120. The maximum Gasteiger partial charge on any atom is 0.224 e. The van der Waals surface area contributed by atoms with Crippen molar-refractivity contribution in [3.05, 3.63) is 71.5 Å². The molecule has 140 valence electrons. The van der Waals surface area contributed by atoms with Gasteiger partial charge in [-0.3, -0.25) is 4.79 Å². The van der Waals surface area contributed by atoms with Gasteiger partial charge in [0.25, 0.3) is 0 Å². The Bertz CT molecular complexity index is 824. The largest absolute Gasteiger partial charge is 0.354 e. The molecule has 0 aliphatic heterocycles. The zero-order chi connectivity index (χ0) is 19.2. The molecule has 0 bridgehead atoms. The summed E-state index contributed by atoms with van der Waals surface area (Å²) in [5.41, 5.74) is 1.58. The number of rotatable bonds is 8. The Hall–Kier alpha value is -2.25. The van der Waals surface area contributed by atoms with Crippen molar-refractivity contribution in [1.29, 1.82) is 0 Å². The summed E-state index contributed by atoms with van der Waals surface area (Å²) < 4.78 is 38.5. The molecule has 0 aromatic heterocycles. The Kier molecular flexibility index (Phi) is 6.88. The van der Waals surface area contributed by atoms with Gasteiger partial charge in [-0.05, 0) is 30.2 Å². The number of hydrogen-bond donors (Lipinski definition) is 1. The van der Waals surface area contributed by atoms with Crippen LogP contribution in [0.5, 0.6) is 0 Å². The summed E-state index contributed by atoms with van der Waals surface area (Å²) in [5.74, 6) is -0.592. The molecule has 0 saturated carbocycles. The molecule has 1 amide bonds. The molecule has 0 saturated heterocycles. The topological polar surface area (TPSA) is 66.5 Å². The Morgan fingerprint density at radius 3 is 2.31 bits per heavy atom. The van der Waals surface area contributed by atoms with Gasteiger partial charge in [-0.15, -0.1) is 0 Å². The quantitative estimate of drug-likeness (QED) is 0.768. The molecule has 26 heavy (non-hydrogen) atoms. The number of nitrogens with zero attached hydrogens (tertiary/aromatic N) is 1. The maximum atomic E-state index is 12.9. The molecular weight excluding hydrogens is 355 g/mol. The summed E-state index contributed by atoms with van der Waals surface area (Å²) >= 11 is 0. The zero-order valence-electron chi connectivity index (χ0n) is 14.9.